The minimum atomic E-state index is 0.586. The summed E-state index contributed by atoms with van der Waals surface area (Å²) in [5.74, 6) is 3.15. The van der Waals surface area contributed by atoms with Gasteiger partial charge in [0.1, 0.15) is 16.5 Å². The molecule has 0 bridgehead atoms. The minimum Gasteiger partial charge on any atom is -0.383 e. The van der Waals surface area contributed by atoms with E-state index in [0.29, 0.717) is 5.82 Å². The van der Waals surface area contributed by atoms with Crippen LogP contribution in [0, 0.1) is 6.92 Å². The number of aromatic nitrogens is 2. The average molecular weight is 301 g/mol. The average Bonchev–Trinajstić information content (AvgIpc) is 2.88. The van der Waals surface area contributed by atoms with Gasteiger partial charge in [0, 0.05) is 5.75 Å². The lowest BCUT2D eigenvalue weighted by Gasteiger charge is -2.04. The molecule has 0 aliphatic heterocycles. The third-order valence-electron chi connectivity index (χ3n) is 2.98. The highest BCUT2D eigenvalue weighted by atomic mass is 32.2. The van der Waals surface area contributed by atoms with E-state index in [1.807, 2.05) is 23.2 Å². The zero-order valence-electron chi connectivity index (χ0n) is 11.2. The summed E-state index contributed by atoms with van der Waals surface area (Å²) in [6, 6.07) is 10.5. The van der Waals surface area contributed by atoms with E-state index in [4.69, 9.17) is 5.73 Å². The first-order valence-corrected chi connectivity index (χ1v) is 8.39. The number of hydrogen-bond acceptors (Lipinski definition) is 5. The Hall–Kier alpha value is -1.59. The minimum absolute atomic E-state index is 0.586. The molecule has 5 heteroatoms. The van der Waals surface area contributed by atoms with Gasteiger partial charge in [0.25, 0.3) is 0 Å². The number of aryl methyl sites for hydroxylation is 1. The molecule has 102 valence electrons. The molecule has 2 aromatic heterocycles. The zero-order chi connectivity index (χ0) is 13.9. The second-order valence-corrected chi connectivity index (χ2v) is 6.53. The smallest absolute Gasteiger partial charge is 0.142 e. The summed E-state index contributed by atoms with van der Waals surface area (Å²) in [6.45, 7) is 2.11. The number of hydrogen-bond donors (Lipinski definition) is 1. The predicted molar refractivity (Wildman–Crippen MR) is 88.0 cm³/mol. The number of fused-ring (bicyclic) bond motifs is 1. The normalized spacial score (nSPS) is 11.1. The number of nitrogens with zero attached hydrogens (tertiary/aromatic N) is 2. The van der Waals surface area contributed by atoms with Crippen molar-refractivity contribution in [2.75, 3.05) is 5.73 Å². The molecule has 2 N–H and O–H groups in total. The Balaban J connectivity index is 1.68. The van der Waals surface area contributed by atoms with Crippen LogP contribution in [0.2, 0.25) is 0 Å². The Morgan fingerprint density at radius 1 is 1.20 bits per heavy atom. The molecule has 0 fully saturated rings. The second-order valence-electron chi connectivity index (χ2n) is 4.65. The molecule has 2 heterocycles. The monoisotopic (exact) mass is 301 g/mol. The first kappa shape index (κ1) is 13.4. The highest BCUT2D eigenvalue weighted by Gasteiger charge is 2.06. The SMILES string of the molecule is Cc1cccc(CSCc2nc(N)c3ccsc3n2)c1. The van der Waals surface area contributed by atoms with Gasteiger partial charge in [-0.05, 0) is 23.9 Å². The molecular weight excluding hydrogens is 286 g/mol. The molecule has 0 unspecified atom stereocenters. The van der Waals surface area contributed by atoms with Crippen LogP contribution in [-0.4, -0.2) is 9.97 Å². The van der Waals surface area contributed by atoms with Crippen LogP contribution in [0.5, 0.6) is 0 Å². The third kappa shape index (κ3) is 2.94. The maximum atomic E-state index is 5.95. The Labute approximate surface area is 126 Å². The summed E-state index contributed by atoms with van der Waals surface area (Å²) in [6.07, 6.45) is 0. The Morgan fingerprint density at radius 2 is 2.10 bits per heavy atom. The Bertz CT molecular complexity index is 737. The van der Waals surface area contributed by atoms with Gasteiger partial charge in [-0.2, -0.15) is 0 Å². The summed E-state index contributed by atoms with van der Waals surface area (Å²) in [5.41, 5.74) is 8.58. The standard InChI is InChI=1S/C15H15N3S2/c1-10-3-2-4-11(7-10)8-19-9-13-17-14(16)12-5-6-20-15(12)18-13/h2-7H,8-9H2,1H3,(H2,16,17,18). The molecule has 0 atom stereocenters. The van der Waals surface area contributed by atoms with E-state index >= 15 is 0 Å². The van der Waals surface area contributed by atoms with E-state index in [9.17, 15) is 0 Å². The lowest BCUT2D eigenvalue weighted by atomic mass is 10.2. The van der Waals surface area contributed by atoms with E-state index in [1.54, 1.807) is 11.3 Å². The highest BCUT2D eigenvalue weighted by Crippen LogP contribution is 2.24. The van der Waals surface area contributed by atoms with Crippen LogP contribution >= 0.6 is 23.1 Å². The molecule has 0 aliphatic carbocycles. The van der Waals surface area contributed by atoms with Gasteiger partial charge in [0.15, 0.2) is 0 Å². The first-order chi connectivity index (χ1) is 9.72. The first-order valence-electron chi connectivity index (χ1n) is 6.35. The predicted octanol–water partition coefficient (Wildman–Crippen LogP) is 4.02. The van der Waals surface area contributed by atoms with Gasteiger partial charge in [0.2, 0.25) is 0 Å². The molecule has 0 spiro atoms. The van der Waals surface area contributed by atoms with Crippen LogP contribution < -0.4 is 5.73 Å². The molecule has 3 nitrogen and oxygen atoms in total. The topological polar surface area (TPSA) is 51.8 Å². The van der Waals surface area contributed by atoms with Gasteiger partial charge in [-0.15, -0.1) is 23.1 Å². The van der Waals surface area contributed by atoms with Gasteiger partial charge < -0.3 is 5.73 Å². The van der Waals surface area contributed by atoms with E-state index < -0.39 is 0 Å². The number of nitrogen functional groups attached to an aromatic ring is 1. The number of rotatable bonds is 4. The van der Waals surface area contributed by atoms with Crippen LogP contribution in [0.4, 0.5) is 5.82 Å². The maximum Gasteiger partial charge on any atom is 0.142 e. The lowest BCUT2D eigenvalue weighted by Crippen LogP contribution is -1.98. The lowest BCUT2D eigenvalue weighted by molar-refractivity contribution is 1.08. The van der Waals surface area contributed by atoms with Crippen molar-refractivity contribution in [2.45, 2.75) is 18.4 Å². The fraction of sp³-hybridized carbons (Fsp3) is 0.200. The van der Waals surface area contributed by atoms with Crippen molar-refractivity contribution >= 4 is 39.1 Å². The summed E-state index contributed by atoms with van der Waals surface area (Å²) in [7, 11) is 0. The molecule has 0 saturated heterocycles. The van der Waals surface area contributed by atoms with Crippen LogP contribution in [0.25, 0.3) is 10.2 Å². The van der Waals surface area contributed by atoms with Crippen LogP contribution in [0.1, 0.15) is 17.0 Å². The Morgan fingerprint density at radius 3 is 2.95 bits per heavy atom. The van der Waals surface area contributed by atoms with Crippen molar-refractivity contribution in [3.63, 3.8) is 0 Å². The molecule has 0 aliphatic rings. The fourth-order valence-corrected chi connectivity index (χ4v) is 3.67. The van der Waals surface area contributed by atoms with Gasteiger partial charge in [-0.3, -0.25) is 0 Å². The third-order valence-corrected chi connectivity index (χ3v) is 4.79. The quantitative estimate of drug-likeness (QED) is 0.791. The van der Waals surface area contributed by atoms with Crippen LogP contribution in [-0.2, 0) is 11.5 Å². The van der Waals surface area contributed by atoms with E-state index in [0.717, 1.165) is 27.5 Å². The van der Waals surface area contributed by atoms with Gasteiger partial charge in [0.05, 0.1) is 11.1 Å². The molecule has 1 aromatic carbocycles. The van der Waals surface area contributed by atoms with Crippen molar-refractivity contribution in [1.82, 2.24) is 9.97 Å². The fourth-order valence-electron chi connectivity index (χ4n) is 2.05. The van der Waals surface area contributed by atoms with Crippen LogP contribution in [0.3, 0.4) is 0 Å². The molecule has 20 heavy (non-hydrogen) atoms. The summed E-state index contributed by atoms with van der Waals surface area (Å²) < 4.78 is 0. The van der Waals surface area contributed by atoms with E-state index in [2.05, 4.69) is 41.2 Å². The van der Waals surface area contributed by atoms with Crippen LogP contribution in [0.15, 0.2) is 35.7 Å². The summed E-state index contributed by atoms with van der Waals surface area (Å²) in [4.78, 5) is 9.90. The maximum absolute atomic E-state index is 5.95. The number of thiophene rings is 1. The second kappa shape index (κ2) is 5.81. The molecule has 3 aromatic rings. The van der Waals surface area contributed by atoms with Gasteiger partial charge in [-0.1, -0.05) is 29.8 Å². The zero-order valence-corrected chi connectivity index (χ0v) is 12.8. The number of benzene rings is 1. The van der Waals surface area contributed by atoms with Gasteiger partial charge >= 0.3 is 0 Å². The largest absolute Gasteiger partial charge is 0.383 e. The van der Waals surface area contributed by atoms with Gasteiger partial charge in [-0.25, -0.2) is 9.97 Å². The molecule has 0 radical (unpaired) electrons. The van der Waals surface area contributed by atoms with Crippen molar-refractivity contribution < 1.29 is 0 Å². The van der Waals surface area contributed by atoms with Crippen molar-refractivity contribution in [2.24, 2.45) is 0 Å². The van der Waals surface area contributed by atoms with Crippen molar-refractivity contribution in [3.05, 3.63) is 52.7 Å². The molecule has 3 rings (SSSR count). The molecular formula is C15H15N3S2. The van der Waals surface area contributed by atoms with E-state index in [-0.39, 0.29) is 0 Å². The molecule has 0 amide bonds. The summed E-state index contributed by atoms with van der Waals surface area (Å²) >= 11 is 3.42. The Kier molecular flexibility index (Phi) is 3.89. The summed E-state index contributed by atoms with van der Waals surface area (Å²) in [5, 5.41) is 2.96. The van der Waals surface area contributed by atoms with Crippen molar-refractivity contribution in [3.8, 4) is 0 Å². The number of anilines is 1. The highest BCUT2D eigenvalue weighted by molar-refractivity contribution is 7.97. The van der Waals surface area contributed by atoms with E-state index in [1.165, 1.54) is 11.1 Å². The number of nitrogens with two attached hydrogens (primary N) is 1. The van der Waals surface area contributed by atoms with Crippen molar-refractivity contribution in [1.29, 1.82) is 0 Å². The number of thioether (sulfide) groups is 1. The molecule has 0 saturated carbocycles.